The van der Waals surface area contributed by atoms with Gasteiger partial charge in [0.05, 0.1) is 6.04 Å². The molecule has 164 valence electrons. The van der Waals surface area contributed by atoms with Crippen LogP contribution in [0.15, 0.2) is 87.7 Å². The molecule has 0 spiro atoms. The van der Waals surface area contributed by atoms with Gasteiger partial charge in [-0.25, -0.2) is 0 Å². The van der Waals surface area contributed by atoms with Crippen molar-refractivity contribution in [2.75, 3.05) is 7.05 Å². The van der Waals surface area contributed by atoms with E-state index in [1.807, 2.05) is 80.6 Å². The van der Waals surface area contributed by atoms with Crippen LogP contribution in [0.5, 0.6) is 0 Å². The minimum absolute atomic E-state index is 0.0968. The maximum atomic E-state index is 13.1. The summed E-state index contributed by atoms with van der Waals surface area (Å²) in [5.41, 5.74) is 4.14. The summed E-state index contributed by atoms with van der Waals surface area (Å²) in [6.45, 7) is 3.97. The summed E-state index contributed by atoms with van der Waals surface area (Å²) in [6.07, 6.45) is 0. The molecule has 33 heavy (non-hydrogen) atoms. The Bertz CT molecular complexity index is 1400. The van der Waals surface area contributed by atoms with Crippen LogP contribution in [-0.4, -0.2) is 28.1 Å². The molecule has 0 N–H and O–H groups in total. The number of carbonyl (C=O) groups is 1. The Hall–Kier alpha value is -4.19. The molecule has 1 amide bonds. The maximum Gasteiger partial charge on any atom is 0.254 e. The predicted molar refractivity (Wildman–Crippen MR) is 127 cm³/mol. The Labute approximate surface area is 191 Å². The first-order valence-electron chi connectivity index (χ1n) is 10.8. The van der Waals surface area contributed by atoms with Crippen LogP contribution < -0.4 is 0 Å². The summed E-state index contributed by atoms with van der Waals surface area (Å²) in [6, 6.07) is 24.7. The van der Waals surface area contributed by atoms with E-state index in [-0.39, 0.29) is 11.9 Å². The Morgan fingerprint density at radius 2 is 1.58 bits per heavy atom. The van der Waals surface area contributed by atoms with E-state index in [1.165, 1.54) is 0 Å². The van der Waals surface area contributed by atoms with Gasteiger partial charge in [0, 0.05) is 29.1 Å². The molecule has 0 fully saturated rings. The molecular weight excluding hydrogens is 414 g/mol. The van der Waals surface area contributed by atoms with E-state index in [0.717, 1.165) is 33.4 Å². The second kappa shape index (κ2) is 8.39. The van der Waals surface area contributed by atoms with Crippen molar-refractivity contribution < 1.29 is 13.6 Å². The SMILES string of the molecule is Cc1cccc(-c2nnc(-c3ccc(C(=O)N(C)C(C)c4cc5ccccc5o4)cc3)o2)c1. The van der Waals surface area contributed by atoms with Crippen molar-refractivity contribution in [1.82, 2.24) is 15.1 Å². The van der Waals surface area contributed by atoms with Crippen LogP contribution in [0.25, 0.3) is 33.9 Å². The first-order valence-corrected chi connectivity index (χ1v) is 10.8. The molecule has 6 heteroatoms. The van der Waals surface area contributed by atoms with Crippen LogP contribution in [0.3, 0.4) is 0 Å². The van der Waals surface area contributed by atoms with E-state index in [2.05, 4.69) is 10.2 Å². The lowest BCUT2D eigenvalue weighted by Crippen LogP contribution is -2.29. The van der Waals surface area contributed by atoms with Crippen LogP contribution in [-0.2, 0) is 0 Å². The summed E-state index contributed by atoms with van der Waals surface area (Å²) >= 11 is 0. The van der Waals surface area contributed by atoms with E-state index in [1.54, 1.807) is 24.1 Å². The van der Waals surface area contributed by atoms with Gasteiger partial charge in [0.25, 0.3) is 5.91 Å². The highest BCUT2D eigenvalue weighted by atomic mass is 16.4. The van der Waals surface area contributed by atoms with Gasteiger partial charge in [-0.05, 0) is 62.4 Å². The summed E-state index contributed by atoms with van der Waals surface area (Å²) in [7, 11) is 1.78. The second-order valence-corrected chi connectivity index (χ2v) is 8.14. The van der Waals surface area contributed by atoms with Crippen molar-refractivity contribution in [1.29, 1.82) is 0 Å². The molecule has 1 atom stereocenters. The average Bonchev–Trinajstić information content (AvgIpc) is 3.50. The van der Waals surface area contributed by atoms with E-state index < -0.39 is 0 Å². The molecule has 0 saturated heterocycles. The molecule has 3 aromatic carbocycles. The lowest BCUT2D eigenvalue weighted by molar-refractivity contribution is 0.0727. The molecule has 0 saturated carbocycles. The number of nitrogens with zero attached hydrogens (tertiary/aromatic N) is 3. The zero-order chi connectivity index (χ0) is 22.9. The summed E-state index contributed by atoms with van der Waals surface area (Å²) in [5, 5.41) is 9.35. The standard InChI is InChI=1S/C27H23N3O3/c1-17-7-6-9-22(15-17)26-29-28-25(33-26)19-11-13-20(14-12-19)27(31)30(3)18(2)24-16-21-8-4-5-10-23(21)32-24/h4-16,18H,1-3H3. The fourth-order valence-corrected chi connectivity index (χ4v) is 3.77. The number of hydrogen-bond acceptors (Lipinski definition) is 5. The minimum Gasteiger partial charge on any atom is -0.459 e. The fourth-order valence-electron chi connectivity index (χ4n) is 3.77. The van der Waals surface area contributed by atoms with Crippen molar-refractivity contribution >= 4 is 16.9 Å². The van der Waals surface area contributed by atoms with Gasteiger partial charge in [-0.2, -0.15) is 0 Å². The monoisotopic (exact) mass is 437 g/mol. The first-order chi connectivity index (χ1) is 16.0. The molecule has 1 unspecified atom stereocenters. The maximum absolute atomic E-state index is 13.1. The molecule has 0 aliphatic carbocycles. The smallest absolute Gasteiger partial charge is 0.254 e. The number of hydrogen-bond donors (Lipinski definition) is 0. The zero-order valence-corrected chi connectivity index (χ0v) is 18.6. The third-order valence-corrected chi connectivity index (χ3v) is 5.83. The van der Waals surface area contributed by atoms with E-state index >= 15 is 0 Å². The summed E-state index contributed by atoms with van der Waals surface area (Å²) in [4.78, 5) is 14.8. The topological polar surface area (TPSA) is 72.4 Å². The number of benzene rings is 3. The Kier molecular flexibility index (Phi) is 5.26. The second-order valence-electron chi connectivity index (χ2n) is 8.14. The van der Waals surface area contributed by atoms with E-state index in [0.29, 0.717) is 17.3 Å². The fraction of sp³-hybridized carbons (Fsp3) is 0.148. The lowest BCUT2D eigenvalue weighted by atomic mass is 10.1. The highest BCUT2D eigenvalue weighted by Crippen LogP contribution is 2.28. The highest BCUT2D eigenvalue weighted by Gasteiger charge is 2.22. The third kappa shape index (κ3) is 4.03. The number of aryl methyl sites for hydroxylation is 1. The zero-order valence-electron chi connectivity index (χ0n) is 18.6. The number of fused-ring (bicyclic) bond motifs is 1. The van der Waals surface area contributed by atoms with Crippen LogP contribution in [0, 0.1) is 6.92 Å². The molecule has 5 rings (SSSR count). The Morgan fingerprint density at radius 1 is 0.848 bits per heavy atom. The molecule has 0 radical (unpaired) electrons. The number of carbonyl (C=O) groups excluding carboxylic acids is 1. The number of para-hydroxylation sites is 1. The van der Waals surface area contributed by atoms with Crippen molar-refractivity contribution in [3.05, 3.63) is 95.7 Å². The van der Waals surface area contributed by atoms with Crippen LogP contribution >= 0.6 is 0 Å². The third-order valence-electron chi connectivity index (χ3n) is 5.83. The molecular formula is C27H23N3O3. The normalized spacial score (nSPS) is 12.1. The number of amides is 1. The van der Waals surface area contributed by atoms with Gasteiger partial charge in [-0.3, -0.25) is 4.79 Å². The van der Waals surface area contributed by atoms with Gasteiger partial charge in [0.15, 0.2) is 0 Å². The molecule has 2 aromatic heterocycles. The van der Waals surface area contributed by atoms with Crippen LogP contribution in [0.2, 0.25) is 0 Å². The Balaban J connectivity index is 1.33. The van der Waals surface area contributed by atoms with E-state index in [9.17, 15) is 4.79 Å². The van der Waals surface area contributed by atoms with Gasteiger partial charge in [0.1, 0.15) is 11.3 Å². The van der Waals surface area contributed by atoms with Gasteiger partial charge >= 0.3 is 0 Å². The Morgan fingerprint density at radius 3 is 2.30 bits per heavy atom. The van der Waals surface area contributed by atoms with Crippen molar-refractivity contribution in [3.63, 3.8) is 0 Å². The van der Waals surface area contributed by atoms with Gasteiger partial charge < -0.3 is 13.7 Å². The van der Waals surface area contributed by atoms with E-state index in [4.69, 9.17) is 8.83 Å². The largest absolute Gasteiger partial charge is 0.459 e. The molecule has 2 heterocycles. The highest BCUT2D eigenvalue weighted by molar-refractivity contribution is 5.94. The first kappa shape index (κ1) is 20.7. The van der Waals surface area contributed by atoms with Crippen molar-refractivity contribution in [3.8, 4) is 22.9 Å². The van der Waals surface area contributed by atoms with Gasteiger partial charge in [0.2, 0.25) is 11.8 Å². The quantitative estimate of drug-likeness (QED) is 0.323. The molecule has 5 aromatic rings. The number of aromatic nitrogens is 2. The number of rotatable bonds is 5. The summed E-state index contributed by atoms with van der Waals surface area (Å²) < 4.78 is 11.8. The lowest BCUT2D eigenvalue weighted by Gasteiger charge is -2.23. The predicted octanol–water partition coefficient (Wildman–Crippen LogP) is 6.29. The number of furan rings is 1. The molecule has 6 nitrogen and oxygen atoms in total. The minimum atomic E-state index is -0.211. The van der Waals surface area contributed by atoms with Crippen molar-refractivity contribution in [2.45, 2.75) is 19.9 Å². The molecule has 0 aliphatic heterocycles. The molecule has 0 bridgehead atoms. The van der Waals surface area contributed by atoms with Crippen molar-refractivity contribution in [2.24, 2.45) is 0 Å². The van der Waals surface area contributed by atoms with Gasteiger partial charge in [-0.1, -0.05) is 35.9 Å². The van der Waals surface area contributed by atoms with Crippen LogP contribution in [0.1, 0.15) is 34.6 Å². The van der Waals surface area contributed by atoms with Gasteiger partial charge in [-0.15, -0.1) is 10.2 Å². The summed E-state index contributed by atoms with van der Waals surface area (Å²) in [5.74, 6) is 1.53. The average molecular weight is 437 g/mol. The van der Waals surface area contributed by atoms with Crippen LogP contribution in [0.4, 0.5) is 0 Å². The molecule has 0 aliphatic rings.